The Kier molecular flexibility index (Phi) is 3.23. The molecule has 1 aliphatic heterocycles. The summed E-state index contributed by atoms with van der Waals surface area (Å²) in [6.07, 6.45) is 4.16. The highest BCUT2D eigenvalue weighted by Gasteiger charge is 2.19. The van der Waals surface area contributed by atoms with E-state index < -0.39 is 0 Å². The minimum Gasteiger partial charge on any atom is -0.487 e. The molecule has 1 unspecified atom stereocenters. The molecular weight excluding hydrogens is 243 g/mol. The molecule has 0 amide bonds. The summed E-state index contributed by atoms with van der Waals surface area (Å²) < 4.78 is 20.7. The number of hydrogen-bond donors (Lipinski definition) is 0. The van der Waals surface area contributed by atoms with Crippen molar-refractivity contribution >= 4 is 0 Å². The molecular formula is C15H17FN2O. The first-order chi connectivity index (χ1) is 9.22. The molecule has 1 aliphatic rings. The number of hydrogen-bond acceptors (Lipinski definition) is 2. The van der Waals surface area contributed by atoms with Gasteiger partial charge in [-0.1, -0.05) is 6.92 Å². The van der Waals surface area contributed by atoms with Crippen LogP contribution in [0.15, 0.2) is 30.6 Å². The molecule has 19 heavy (non-hydrogen) atoms. The van der Waals surface area contributed by atoms with Crippen LogP contribution in [-0.4, -0.2) is 9.55 Å². The van der Waals surface area contributed by atoms with Crippen LogP contribution < -0.4 is 4.74 Å². The summed E-state index contributed by atoms with van der Waals surface area (Å²) in [6, 6.07) is 6.08. The molecule has 0 fully saturated rings. The van der Waals surface area contributed by atoms with Gasteiger partial charge in [0, 0.05) is 12.2 Å². The van der Waals surface area contributed by atoms with E-state index in [-0.39, 0.29) is 5.82 Å². The molecule has 100 valence electrons. The van der Waals surface area contributed by atoms with Gasteiger partial charge in [-0.3, -0.25) is 0 Å². The van der Waals surface area contributed by atoms with E-state index >= 15 is 0 Å². The Morgan fingerprint density at radius 1 is 1.37 bits per heavy atom. The van der Waals surface area contributed by atoms with Crippen molar-refractivity contribution in [3.05, 3.63) is 47.8 Å². The van der Waals surface area contributed by atoms with Crippen molar-refractivity contribution < 1.29 is 9.13 Å². The van der Waals surface area contributed by atoms with Gasteiger partial charge in [-0.2, -0.15) is 0 Å². The van der Waals surface area contributed by atoms with Gasteiger partial charge in [-0.15, -0.1) is 0 Å². The molecule has 3 rings (SSSR count). The molecule has 0 saturated heterocycles. The maximum absolute atomic E-state index is 12.8. The van der Waals surface area contributed by atoms with Crippen molar-refractivity contribution in [3.63, 3.8) is 0 Å². The van der Waals surface area contributed by atoms with Crippen LogP contribution in [-0.2, 0) is 19.6 Å². The molecule has 2 aromatic rings. The third-order valence-corrected chi connectivity index (χ3v) is 3.63. The van der Waals surface area contributed by atoms with Crippen LogP contribution in [0.1, 0.15) is 24.7 Å². The second kappa shape index (κ2) is 5.03. The number of ether oxygens (including phenoxy) is 1. The zero-order valence-corrected chi connectivity index (χ0v) is 11.0. The zero-order chi connectivity index (χ0) is 13.2. The lowest BCUT2D eigenvalue weighted by molar-refractivity contribution is 0.297. The number of rotatable bonds is 3. The van der Waals surface area contributed by atoms with Gasteiger partial charge in [0.25, 0.3) is 0 Å². The van der Waals surface area contributed by atoms with Crippen molar-refractivity contribution in [1.82, 2.24) is 9.55 Å². The van der Waals surface area contributed by atoms with Gasteiger partial charge < -0.3 is 9.30 Å². The molecule has 0 spiro atoms. The van der Waals surface area contributed by atoms with Gasteiger partial charge in [0.1, 0.15) is 18.2 Å². The van der Waals surface area contributed by atoms with Crippen LogP contribution in [0.4, 0.5) is 4.39 Å². The van der Waals surface area contributed by atoms with E-state index in [2.05, 4.69) is 16.5 Å². The third-order valence-electron chi connectivity index (χ3n) is 3.63. The second-order valence-corrected chi connectivity index (χ2v) is 5.17. The predicted molar refractivity (Wildman–Crippen MR) is 70.4 cm³/mol. The summed E-state index contributed by atoms with van der Waals surface area (Å²) in [6.45, 7) is 3.75. The first-order valence-electron chi connectivity index (χ1n) is 6.63. The number of nitrogens with zero attached hydrogens (tertiary/aromatic N) is 2. The van der Waals surface area contributed by atoms with Crippen molar-refractivity contribution in [2.75, 3.05) is 0 Å². The first-order valence-corrected chi connectivity index (χ1v) is 6.63. The number of aryl methyl sites for hydroxylation is 1. The lowest BCUT2D eigenvalue weighted by Crippen LogP contribution is -2.17. The number of imidazole rings is 1. The largest absolute Gasteiger partial charge is 0.487 e. The molecule has 2 heterocycles. The average molecular weight is 260 g/mol. The van der Waals surface area contributed by atoms with Crippen molar-refractivity contribution in [3.8, 4) is 5.75 Å². The minimum absolute atomic E-state index is 0.249. The quantitative estimate of drug-likeness (QED) is 0.847. The SMILES string of the molecule is CC1CCn2cnc(COc3ccc(F)cc3)c2C1. The predicted octanol–water partition coefficient (Wildman–Crippen LogP) is 3.18. The lowest BCUT2D eigenvalue weighted by atomic mass is 9.97. The Balaban J connectivity index is 1.70. The Bertz CT molecular complexity index is 562. The molecule has 0 saturated carbocycles. The van der Waals surface area contributed by atoms with Crippen molar-refractivity contribution in [2.45, 2.75) is 32.9 Å². The number of benzene rings is 1. The van der Waals surface area contributed by atoms with E-state index in [4.69, 9.17) is 4.74 Å². The van der Waals surface area contributed by atoms with Gasteiger partial charge in [-0.05, 0) is 43.0 Å². The molecule has 1 aromatic carbocycles. The van der Waals surface area contributed by atoms with Crippen LogP contribution in [0.2, 0.25) is 0 Å². The maximum Gasteiger partial charge on any atom is 0.132 e. The van der Waals surface area contributed by atoms with Crippen LogP contribution >= 0.6 is 0 Å². The van der Waals surface area contributed by atoms with Gasteiger partial charge >= 0.3 is 0 Å². The highest BCUT2D eigenvalue weighted by Crippen LogP contribution is 2.23. The number of fused-ring (bicyclic) bond motifs is 1. The van der Waals surface area contributed by atoms with Gasteiger partial charge in [-0.25, -0.2) is 9.37 Å². The van der Waals surface area contributed by atoms with Crippen LogP contribution in [0.25, 0.3) is 0 Å². The van der Waals surface area contributed by atoms with E-state index in [0.717, 1.165) is 18.7 Å². The normalized spacial score (nSPS) is 18.1. The summed E-state index contributed by atoms with van der Waals surface area (Å²) in [5.74, 6) is 1.13. The Morgan fingerprint density at radius 3 is 2.95 bits per heavy atom. The average Bonchev–Trinajstić information content (AvgIpc) is 2.80. The smallest absolute Gasteiger partial charge is 0.132 e. The van der Waals surface area contributed by atoms with E-state index in [1.54, 1.807) is 12.1 Å². The molecule has 0 aliphatic carbocycles. The lowest BCUT2D eigenvalue weighted by Gasteiger charge is -2.21. The minimum atomic E-state index is -0.249. The van der Waals surface area contributed by atoms with Gasteiger partial charge in [0.15, 0.2) is 0 Å². The molecule has 1 aromatic heterocycles. The standard InChI is InChI=1S/C15H17FN2O/c1-11-6-7-18-10-17-14(15(18)8-11)9-19-13-4-2-12(16)3-5-13/h2-5,10-11H,6-9H2,1H3. The monoisotopic (exact) mass is 260 g/mol. The highest BCUT2D eigenvalue weighted by molar-refractivity contribution is 5.23. The molecule has 3 nitrogen and oxygen atoms in total. The summed E-state index contributed by atoms with van der Waals surface area (Å²) >= 11 is 0. The highest BCUT2D eigenvalue weighted by atomic mass is 19.1. The third kappa shape index (κ3) is 2.62. The summed E-state index contributed by atoms with van der Waals surface area (Å²) in [5, 5.41) is 0. The molecule has 0 radical (unpaired) electrons. The topological polar surface area (TPSA) is 27.1 Å². The zero-order valence-electron chi connectivity index (χ0n) is 11.0. The van der Waals surface area contributed by atoms with Crippen LogP contribution in [0.5, 0.6) is 5.75 Å². The molecule has 0 N–H and O–H groups in total. The van der Waals surface area contributed by atoms with Gasteiger partial charge in [0.2, 0.25) is 0 Å². The van der Waals surface area contributed by atoms with Gasteiger partial charge in [0.05, 0.1) is 12.0 Å². The van der Waals surface area contributed by atoms with Crippen molar-refractivity contribution in [2.24, 2.45) is 5.92 Å². The molecule has 1 atom stereocenters. The fraction of sp³-hybridized carbons (Fsp3) is 0.400. The summed E-state index contributed by atoms with van der Waals surface area (Å²) in [4.78, 5) is 4.43. The van der Waals surface area contributed by atoms with E-state index in [9.17, 15) is 4.39 Å². The summed E-state index contributed by atoms with van der Waals surface area (Å²) in [7, 11) is 0. The van der Waals surface area contributed by atoms with Crippen molar-refractivity contribution in [1.29, 1.82) is 0 Å². The first kappa shape index (κ1) is 12.2. The number of halogens is 1. The molecule has 0 bridgehead atoms. The fourth-order valence-corrected chi connectivity index (χ4v) is 2.47. The van der Waals surface area contributed by atoms with E-state index in [0.29, 0.717) is 18.3 Å². The second-order valence-electron chi connectivity index (χ2n) is 5.17. The van der Waals surface area contributed by atoms with Crippen LogP contribution in [0, 0.1) is 11.7 Å². The summed E-state index contributed by atoms with van der Waals surface area (Å²) in [5.41, 5.74) is 2.27. The molecule has 4 heteroatoms. The van der Waals surface area contributed by atoms with Crippen LogP contribution in [0.3, 0.4) is 0 Å². The Morgan fingerprint density at radius 2 is 2.16 bits per heavy atom. The Hall–Kier alpha value is -1.84. The van der Waals surface area contributed by atoms with E-state index in [1.165, 1.54) is 24.2 Å². The Labute approximate surface area is 112 Å². The maximum atomic E-state index is 12.8. The fourth-order valence-electron chi connectivity index (χ4n) is 2.47. The number of aromatic nitrogens is 2. The van der Waals surface area contributed by atoms with E-state index in [1.807, 2.05) is 6.33 Å².